The van der Waals surface area contributed by atoms with E-state index >= 15 is 0 Å². The lowest BCUT2D eigenvalue weighted by Gasteiger charge is -1.91. The molecule has 48 valence electrons. The molecule has 1 heterocycles. The first kappa shape index (κ1) is 6.51. The number of hydrogen-bond acceptors (Lipinski definition) is 2. The SMILES string of the molecule is On1ccccc1=S=S. The van der Waals surface area contributed by atoms with Gasteiger partial charge < -0.3 is 5.21 Å². The van der Waals surface area contributed by atoms with Crippen LogP contribution in [0.3, 0.4) is 0 Å². The Labute approximate surface area is 60.5 Å². The number of rotatable bonds is 0. The third-order valence-corrected chi connectivity index (χ3v) is 1.89. The molecule has 0 aliphatic heterocycles. The fraction of sp³-hybridized carbons (Fsp3) is 0. The van der Waals surface area contributed by atoms with Crippen molar-refractivity contribution in [3.05, 3.63) is 29.0 Å². The molecular formula is C5H5NOS2. The van der Waals surface area contributed by atoms with Crippen molar-refractivity contribution >= 4 is 21.1 Å². The quantitative estimate of drug-likeness (QED) is 0.447. The van der Waals surface area contributed by atoms with Crippen molar-refractivity contribution < 1.29 is 5.21 Å². The average Bonchev–Trinajstić information content (AvgIpc) is 1.89. The molecule has 0 aliphatic rings. The molecule has 2 nitrogen and oxygen atoms in total. The molecule has 0 bridgehead atoms. The maximum Gasteiger partial charge on any atom is 0.143 e. The average molecular weight is 159 g/mol. The molecule has 4 heteroatoms. The van der Waals surface area contributed by atoms with Gasteiger partial charge in [0.2, 0.25) is 0 Å². The van der Waals surface area contributed by atoms with Gasteiger partial charge in [-0.3, -0.25) is 0 Å². The van der Waals surface area contributed by atoms with Gasteiger partial charge in [0, 0.05) is 6.20 Å². The molecule has 1 aromatic heterocycles. The van der Waals surface area contributed by atoms with Gasteiger partial charge in [-0.25, -0.2) is 0 Å². The Morgan fingerprint density at radius 3 is 2.78 bits per heavy atom. The maximum atomic E-state index is 8.94. The van der Waals surface area contributed by atoms with Crippen LogP contribution in [0.4, 0.5) is 0 Å². The zero-order valence-electron chi connectivity index (χ0n) is 4.52. The Morgan fingerprint density at radius 2 is 2.33 bits per heavy atom. The lowest BCUT2D eigenvalue weighted by molar-refractivity contribution is 0.180. The van der Waals surface area contributed by atoms with Crippen molar-refractivity contribution in [1.29, 1.82) is 0 Å². The smallest absolute Gasteiger partial charge is 0.143 e. The van der Waals surface area contributed by atoms with Gasteiger partial charge in [0.1, 0.15) is 4.64 Å². The van der Waals surface area contributed by atoms with Crippen LogP contribution in [0.25, 0.3) is 0 Å². The summed E-state index contributed by atoms with van der Waals surface area (Å²) in [6, 6.07) is 5.30. The van der Waals surface area contributed by atoms with Crippen molar-refractivity contribution in [2.45, 2.75) is 0 Å². The van der Waals surface area contributed by atoms with Gasteiger partial charge in [0.15, 0.2) is 0 Å². The fourth-order valence-electron chi connectivity index (χ4n) is 0.485. The first-order chi connectivity index (χ1) is 4.34. The van der Waals surface area contributed by atoms with Crippen molar-refractivity contribution in [3.8, 4) is 0 Å². The molecule has 0 amide bonds. The summed E-state index contributed by atoms with van der Waals surface area (Å²) < 4.78 is 1.66. The summed E-state index contributed by atoms with van der Waals surface area (Å²) >= 11 is 4.64. The highest BCUT2D eigenvalue weighted by molar-refractivity contribution is 8.13. The molecule has 9 heavy (non-hydrogen) atoms. The normalized spacial score (nSPS) is 8.89. The highest BCUT2D eigenvalue weighted by atomic mass is 32.8. The second-order valence-electron chi connectivity index (χ2n) is 1.47. The summed E-state index contributed by atoms with van der Waals surface area (Å²) in [7, 11) is 1.09. The van der Waals surface area contributed by atoms with Crippen LogP contribution in [0.5, 0.6) is 0 Å². The zero-order chi connectivity index (χ0) is 6.69. The summed E-state index contributed by atoms with van der Waals surface area (Å²) in [4.78, 5) is 0. The summed E-state index contributed by atoms with van der Waals surface area (Å²) in [5, 5.41) is 8.94. The molecule has 0 fully saturated rings. The van der Waals surface area contributed by atoms with Crippen LogP contribution in [0.15, 0.2) is 24.4 Å². The Balaban J connectivity index is 3.52. The van der Waals surface area contributed by atoms with E-state index in [1.165, 1.54) is 6.20 Å². The topological polar surface area (TPSA) is 25.2 Å². The Morgan fingerprint density at radius 1 is 1.56 bits per heavy atom. The lowest BCUT2D eigenvalue weighted by Crippen LogP contribution is -1.91. The van der Waals surface area contributed by atoms with Gasteiger partial charge in [-0.1, -0.05) is 6.07 Å². The number of hydrogen-bond donors (Lipinski definition) is 1. The summed E-state index contributed by atoms with van der Waals surface area (Å²) in [5.74, 6) is 0. The van der Waals surface area contributed by atoms with Crippen molar-refractivity contribution in [2.75, 3.05) is 0 Å². The standard InChI is InChI=1S/C5H5NOS2/c7-6-4-2-1-3-5(6)9-8/h1-4,7H. The van der Waals surface area contributed by atoms with Crippen LogP contribution in [0, 0.1) is 4.64 Å². The van der Waals surface area contributed by atoms with E-state index in [2.05, 4.69) is 11.2 Å². The van der Waals surface area contributed by atoms with E-state index in [1.54, 1.807) is 12.1 Å². The van der Waals surface area contributed by atoms with E-state index in [-0.39, 0.29) is 0 Å². The van der Waals surface area contributed by atoms with Gasteiger partial charge in [0.25, 0.3) is 0 Å². The number of aromatic nitrogens is 1. The van der Waals surface area contributed by atoms with Gasteiger partial charge in [0.05, 0.1) is 0 Å². The zero-order valence-corrected chi connectivity index (χ0v) is 6.15. The van der Waals surface area contributed by atoms with Gasteiger partial charge >= 0.3 is 0 Å². The number of pyridine rings is 1. The molecule has 0 spiro atoms. The highest BCUT2D eigenvalue weighted by Crippen LogP contribution is 1.84. The monoisotopic (exact) mass is 159 g/mol. The van der Waals surface area contributed by atoms with Crippen LogP contribution in [-0.2, 0) is 21.1 Å². The van der Waals surface area contributed by atoms with Crippen molar-refractivity contribution in [3.63, 3.8) is 0 Å². The molecular weight excluding hydrogens is 154 g/mol. The Bertz CT molecular complexity index is 287. The highest BCUT2D eigenvalue weighted by Gasteiger charge is 1.79. The predicted octanol–water partition coefficient (Wildman–Crippen LogP) is 0.802. The van der Waals surface area contributed by atoms with Gasteiger partial charge in [-0.15, -0.1) is 0 Å². The van der Waals surface area contributed by atoms with Crippen molar-refractivity contribution in [2.24, 2.45) is 0 Å². The van der Waals surface area contributed by atoms with E-state index in [0.717, 1.165) is 14.6 Å². The summed E-state index contributed by atoms with van der Waals surface area (Å²) in [6.45, 7) is 0. The molecule has 0 aromatic carbocycles. The van der Waals surface area contributed by atoms with E-state index in [0.29, 0.717) is 4.64 Å². The van der Waals surface area contributed by atoms with E-state index in [4.69, 9.17) is 5.21 Å². The minimum atomic E-state index is 0.660. The molecule has 1 rings (SSSR count). The van der Waals surface area contributed by atoms with E-state index in [1.807, 2.05) is 6.07 Å². The molecule has 0 radical (unpaired) electrons. The third kappa shape index (κ3) is 1.40. The second kappa shape index (κ2) is 2.80. The van der Waals surface area contributed by atoms with E-state index < -0.39 is 0 Å². The molecule has 1 aromatic rings. The van der Waals surface area contributed by atoms with Crippen LogP contribution in [-0.4, -0.2) is 9.94 Å². The number of nitrogens with zero attached hydrogens (tertiary/aromatic N) is 1. The van der Waals surface area contributed by atoms with Gasteiger partial charge in [-0.2, -0.15) is 4.73 Å². The second-order valence-corrected chi connectivity index (χ2v) is 2.55. The van der Waals surface area contributed by atoms with Crippen molar-refractivity contribution in [1.82, 2.24) is 4.73 Å². The van der Waals surface area contributed by atoms with Crippen LogP contribution in [0.2, 0.25) is 0 Å². The molecule has 0 saturated heterocycles. The summed E-state index contributed by atoms with van der Waals surface area (Å²) in [6.07, 6.45) is 1.54. The molecule has 0 atom stereocenters. The minimum Gasteiger partial charge on any atom is -0.428 e. The fourth-order valence-corrected chi connectivity index (χ4v) is 1.15. The first-order valence-electron chi connectivity index (χ1n) is 2.34. The molecule has 0 aliphatic carbocycles. The largest absolute Gasteiger partial charge is 0.428 e. The van der Waals surface area contributed by atoms with Gasteiger partial charge in [-0.05, 0) is 33.2 Å². The van der Waals surface area contributed by atoms with Crippen LogP contribution >= 0.6 is 0 Å². The minimum absolute atomic E-state index is 0.660. The summed E-state index contributed by atoms with van der Waals surface area (Å²) in [5.41, 5.74) is 0. The van der Waals surface area contributed by atoms with Crippen LogP contribution in [0.1, 0.15) is 0 Å². The third-order valence-electron chi connectivity index (χ3n) is 0.888. The lowest BCUT2D eigenvalue weighted by atomic mass is 10.5. The molecule has 1 N–H and O–H groups in total. The Kier molecular flexibility index (Phi) is 2.02. The maximum absolute atomic E-state index is 8.94. The van der Waals surface area contributed by atoms with Crippen LogP contribution < -0.4 is 0 Å². The predicted molar refractivity (Wildman–Crippen MR) is 39.6 cm³/mol. The molecule has 0 unspecified atom stereocenters. The van der Waals surface area contributed by atoms with E-state index in [9.17, 15) is 0 Å². The first-order valence-corrected chi connectivity index (χ1v) is 4.08. The Hall–Kier alpha value is -0.610. The molecule has 0 saturated carbocycles.